The van der Waals surface area contributed by atoms with Crippen LogP contribution in [-0.4, -0.2) is 28.2 Å². The summed E-state index contributed by atoms with van der Waals surface area (Å²) in [5.41, 5.74) is -0.104. The molecule has 2 rings (SSSR count). The van der Waals surface area contributed by atoms with Crippen molar-refractivity contribution in [3.63, 3.8) is 0 Å². The van der Waals surface area contributed by atoms with E-state index in [9.17, 15) is 9.18 Å². The molecule has 0 aliphatic carbocycles. The summed E-state index contributed by atoms with van der Waals surface area (Å²) in [6, 6.07) is 4.34. The van der Waals surface area contributed by atoms with Gasteiger partial charge in [-0.25, -0.2) is 9.49 Å². The number of halogens is 2. The van der Waals surface area contributed by atoms with Gasteiger partial charge in [-0.05, 0) is 28.1 Å². The Morgan fingerprint density at radius 1 is 1.56 bits per heavy atom. The van der Waals surface area contributed by atoms with Gasteiger partial charge in [0.1, 0.15) is 5.82 Å². The second-order valence-corrected chi connectivity index (χ2v) is 4.08. The predicted molar refractivity (Wildman–Crippen MR) is 65.0 cm³/mol. The molecule has 1 aromatic heterocycles. The molecule has 0 aliphatic rings. The Morgan fingerprint density at radius 3 is 2.94 bits per heavy atom. The zero-order chi connectivity index (χ0) is 13.1. The predicted octanol–water partition coefficient (Wildman–Crippen LogP) is 1.97. The Kier molecular flexibility index (Phi) is 3.56. The van der Waals surface area contributed by atoms with Crippen molar-refractivity contribution in [2.75, 3.05) is 12.4 Å². The lowest BCUT2D eigenvalue weighted by atomic mass is 10.2. The van der Waals surface area contributed by atoms with Crippen LogP contribution in [-0.2, 0) is 0 Å². The summed E-state index contributed by atoms with van der Waals surface area (Å²) in [5, 5.41) is 8.46. The monoisotopic (exact) mass is 314 g/mol. The summed E-state index contributed by atoms with van der Waals surface area (Å²) >= 11 is 3.11. The minimum atomic E-state index is -0.640. The van der Waals surface area contributed by atoms with Gasteiger partial charge in [0.15, 0.2) is 0 Å². The van der Waals surface area contributed by atoms with Gasteiger partial charge >= 0.3 is 6.01 Å². The number of nitrogens with zero attached hydrogens (tertiary/aromatic N) is 2. The molecule has 0 aliphatic heterocycles. The molecule has 8 heteroatoms. The SMILES string of the molecule is COc1n[nH]c(NC(=O)c2c(F)cccc2Br)n1. The zero-order valence-electron chi connectivity index (χ0n) is 9.20. The topological polar surface area (TPSA) is 79.9 Å². The molecule has 0 atom stereocenters. The van der Waals surface area contributed by atoms with E-state index in [4.69, 9.17) is 4.74 Å². The number of amides is 1. The van der Waals surface area contributed by atoms with Gasteiger partial charge in [0.25, 0.3) is 5.91 Å². The first-order valence-corrected chi connectivity index (χ1v) is 5.63. The van der Waals surface area contributed by atoms with Crippen LogP contribution >= 0.6 is 15.9 Å². The Morgan fingerprint density at radius 2 is 2.33 bits per heavy atom. The maximum absolute atomic E-state index is 13.5. The first-order chi connectivity index (χ1) is 8.61. The fourth-order valence-electron chi connectivity index (χ4n) is 1.28. The van der Waals surface area contributed by atoms with Crippen molar-refractivity contribution in [2.45, 2.75) is 0 Å². The summed E-state index contributed by atoms with van der Waals surface area (Å²) < 4.78 is 18.6. The van der Waals surface area contributed by atoms with E-state index in [-0.39, 0.29) is 17.5 Å². The molecule has 0 radical (unpaired) electrons. The van der Waals surface area contributed by atoms with Crippen LogP contribution in [0, 0.1) is 5.82 Å². The van der Waals surface area contributed by atoms with Gasteiger partial charge in [-0.2, -0.15) is 4.98 Å². The maximum Gasteiger partial charge on any atom is 0.336 e. The Bertz CT molecular complexity index is 567. The number of benzene rings is 1. The molecule has 1 aromatic carbocycles. The Hall–Kier alpha value is -1.96. The van der Waals surface area contributed by atoms with Crippen molar-refractivity contribution < 1.29 is 13.9 Å². The normalized spacial score (nSPS) is 10.2. The zero-order valence-corrected chi connectivity index (χ0v) is 10.8. The minimum Gasteiger partial charge on any atom is -0.466 e. The first kappa shape index (κ1) is 12.5. The van der Waals surface area contributed by atoms with Crippen LogP contribution < -0.4 is 10.1 Å². The number of carbonyl (C=O) groups is 1. The van der Waals surface area contributed by atoms with Gasteiger partial charge in [-0.3, -0.25) is 10.1 Å². The highest BCUT2D eigenvalue weighted by atomic mass is 79.9. The molecular formula is C10H8BrFN4O2. The van der Waals surface area contributed by atoms with Crippen LogP contribution in [0.3, 0.4) is 0 Å². The number of aromatic amines is 1. The van der Waals surface area contributed by atoms with E-state index in [0.717, 1.165) is 0 Å². The van der Waals surface area contributed by atoms with E-state index < -0.39 is 11.7 Å². The van der Waals surface area contributed by atoms with E-state index in [1.807, 2.05) is 0 Å². The number of nitrogens with one attached hydrogen (secondary N) is 2. The van der Waals surface area contributed by atoms with Crippen molar-refractivity contribution in [1.29, 1.82) is 0 Å². The molecule has 0 saturated carbocycles. The number of anilines is 1. The van der Waals surface area contributed by atoms with Gasteiger partial charge in [0.2, 0.25) is 5.95 Å². The van der Waals surface area contributed by atoms with E-state index in [1.54, 1.807) is 6.07 Å². The van der Waals surface area contributed by atoms with Gasteiger partial charge in [0.05, 0.1) is 12.7 Å². The van der Waals surface area contributed by atoms with Gasteiger partial charge < -0.3 is 4.74 Å². The van der Waals surface area contributed by atoms with Crippen LogP contribution in [0.1, 0.15) is 10.4 Å². The fourth-order valence-corrected chi connectivity index (χ4v) is 1.80. The molecule has 0 unspecified atom stereocenters. The molecule has 0 bridgehead atoms. The van der Waals surface area contributed by atoms with E-state index in [2.05, 4.69) is 36.4 Å². The quantitative estimate of drug-likeness (QED) is 0.907. The van der Waals surface area contributed by atoms with Crippen molar-refractivity contribution in [3.8, 4) is 6.01 Å². The summed E-state index contributed by atoms with van der Waals surface area (Å²) in [4.78, 5) is 15.6. The van der Waals surface area contributed by atoms with Gasteiger partial charge in [-0.15, -0.1) is 5.10 Å². The third-order valence-corrected chi connectivity index (χ3v) is 2.73. The molecule has 0 fully saturated rings. The molecule has 0 saturated heterocycles. The number of methoxy groups -OCH3 is 1. The Balaban J connectivity index is 2.22. The van der Waals surface area contributed by atoms with Gasteiger partial charge in [-0.1, -0.05) is 6.07 Å². The second-order valence-electron chi connectivity index (χ2n) is 3.22. The largest absolute Gasteiger partial charge is 0.466 e. The van der Waals surface area contributed by atoms with Crippen LogP contribution in [0.5, 0.6) is 6.01 Å². The first-order valence-electron chi connectivity index (χ1n) is 4.83. The third kappa shape index (κ3) is 2.48. The molecule has 2 aromatic rings. The van der Waals surface area contributed by atoms with Crippen LogP contribution in [0.15, 0.2) is 22.7 Å². The average molecular weight is 315 g/mol. The summed E-state index contributed by atoms with van der Waals surface area (Å²) in [7, 11) is 1.39. The Labute approximate surface area is 110 Å². The van der Waals surface area contributed by atoms with Crippen molar-refractivity contribution >= 4 is 27.8 Å². The molecule has 2 N–H and O–H groups in total. The highest BCUT2D eigenvalue weighted by Crippen LogP contribution is 2.20. The van der Waals surface area contributed by atoms with Crippen LogP contribution in [0.4, 0.5) is 10.3 Å². The lowest BCUT2D eigenvalue weighted by Gasteiger charge is -2.04. The molecule has 18 heavy (non-hydrogen) atoms. The molecule has 94 valence electrons. The summed E-state index contributed by atoms with van der Waals surface area (Å²) in [6.07, 6.45) is 0. The molecule has 6 nitrogen and oxygen atoms in total. The summed E-state index contributed by atoms with van der Waals surface area (Å²) in [5.74, 6) is -1.20. The number of rotatable bonds is 3. The lowest BCUT2D eigenvalue weighted by molar-refractivity contribution is 0.102. The second kappa shape index (κ2) is 5.13. The molecular weight excluding hydrogens is 307 g/mol. The minimum absolute atomic E-state index is 0.0759. The molecule has 1 amide bonds. The van der Waals surface area contributed by atoms with Crippen molar-refractivity contribution in [2.24, 2.45) is 0 Å². The smallest absolute Gasteiger partial charge is 0.336 e. The lowest BCUT2D eigenvalue weighted by Crippen LogP contribution is -2.15. The highest BCUT2D eigenvalue weighted by Gasteiger charge is 2.17. The number of ether oxygens (including phenoxy) is 1. The fraction of sp³-hybridized carbons (Fsp3) is 0.100. The third-order valence-electron chi connectivity index (χ3n) is 2.07. The van der Waals surface area contributed by atoms with Crippen LogP contribution in [0.2, 0.25) is 0 Å². The number of carbonyl (C=O) groups excluding carboxylic acids is 1. The van der Waals surface area contributed by atoms with E-state index in [0.29, 0.717) is 4.47 Å². The number of aromatic nitrogens is 3. The van der Waals surface area contributed by atoms with Crippen molar-refractivity contribution in [3.05, 3.63) is 34.1 Å². The average Bonchev–Trinajstić information content (AvgIpc) is 2.76. The van der Waals surface area contributed by atoms with E-state index >= 15 is 0 Å². The highest BCUT2D eigenvalue weighted by molar-refractivity contribution is 9.10. The number of hydrogen-bond donors (Lipinski definition) is 2. The van der Waals surface area contributed by atoms with Gasteiger partial charge in [0, 0.05) is 4.47 Å². The number of hydrogen-bond acceptors (Lipinski definition) is 4. The number of H-pyrrole nitrogens is 1. The maximum atomic E-state index is 13.5. The summed E-state index contributed by atoms with van der Waals surface area (Å²) in [6.45, 7) is 0. The van der Waals surface area contributed by atoms with E-state index in [1.165, 1.54) is 19.2 Å². The van der Waals surface area contributed by atoms with Crippen LogP contribution in [0.25, 0.3) is 0 Å². The standard InChI is InChI=1S/C10H8BrFN4O2/c1-18-10-14-9(15-16-10)13-8(17)7-5(11)3-2-4-6(7)12/h2-4H,1H3,(H2,13,14,15,16,17). The molecule has 0 spiro atoms. The molecule has 1 heterocycles. The van der Waals surface area contributed by atoms with Crippen molar-refractivity contribution in [1.82, 2.24) is 15.2 Å².